The third-order valence-corrected chi connectivity index (χ3v) is 5.63. The lowest BCUT2D eigenvalue weighted by molar-refractivity contribution is -0.112. The van der Waals surface area contributed by atoms with Crippen LogP contribution in [0.25, 0.3) is 16.8 Å². The molecule has 0 saturated heterocycles. The maximum absolute atomic E-state index is 13.8. The molecule has 35 heavy (non-hydrogen) atoms. The molecule has 4 rings (SSSR count). The minimum Gasteiger partial charge on any atom is -0.493 e. The van der Waals surface area contributed by atoms with Gasteiger partial charge in [0.1, 0.15) is 24.1 Å². The summed E-state index contributed by atoms with van der Waals surface area (Å²) < 4.78 is 25.4. The number of nitrogens with zero attached hydrogens (tertiary/aromatic N) is 1. The van der Waals surface area contributed by atoms with E-state index in [1.54, 1.807) is 24.3 Å². The van der Waals surface area contributed by atoms with E-state index in [-0.39, 0.29) is 11.3 Å². The van der Waals surface area contributed by atoms with Crippen LogP contribution >= 0.6 is 0 Å². The van der Waals surface area contributed by atoms with Gasteiger partial charge in [0.2, 0.25) is 0 Å². The smallest absolute Gasteiger partial charge is 0.266 e. The lowest BCUT2D eigenvalue weighted by atomic mass is 10.0. The summed E-state index contributed by atoms with van der Waals surface area (Å²) >= 11 is 0. The number of aryl methyl sites for hydroxylation is 1. The molecular formula is C29H23FN2O3. The quantitative estimate of drug-likeness (QED) is 0.252. The van der Waals surface area contributed by atoms with Gasteiger partial charge in [0, 0.05) is 5.56 Å². The third-order valence-electron chi connectivity index (χ3n) is 5.63. The number of benzene rings is 4. The number of rotatable bonds is 7. The zero-order chi connectivity index (χ0) is 24.8. The first-order valence-corrected chi connectivity index (χ1v) is 11.0. The van der Waals surface area contributed by atoms with Crippen LogP contribution < -0.4 is 14.8 Å². The van der Waals surface area contributed by atoms with Gasteiger partial charge in [-0.15, -0.1) is 0 Å². The van der Waals surface area contributed by atoms with Crippen LogP contribution in [-0.2, 0) is 11.4 Å². The number of fused-ring (bicyclic) bond motifs is 1. The SMILES string of the molecule is COc1cc(/C=C(\C#N)C(=O)Nc2ccccc2F)ccc1OCc1c(C)ccc2ccccc12. The Morgan fingerprint density at radius 1 is 1.03 bits per heavy atom. The number of nitrogens with one attached hydrogen (secondary N) is 1. The van der Waals surface area contributed by atoms with Crippen molar-refractivity contribution in [1.82, 2.24) is 0 Å². The average Bonchev–Trinajstić information content (AvgIpc) is 2.88. The zero-order valence-corrected chi connectivity index (χ0v) is 19.3. The number of halogens is 1. The molecule has 0 spiro atoms. The molecule has 0 aliphatic rings. The van der Waals surface area contributed by atoms with Gasteiger partial charge in [-0.3, -0.25) is 4.79 Å². The number of carbonyl (C=O) groups is 1. The Balaban J connectivity index is 1.55. The van der Waals surface area contributed by atoms with Gasteiger partial charge in [0.25, 0.3) is 5.91 Å². The fourth-order valence-corrected chi connectivity index (χ4v) is 3.75. The van der Waals surface area contributed by atoms with Crippen molar-refractivity contribution in [3.63, 3.8) is 0 Å². The van der Waals surface area contributed by atoms with Crippen LogP contribution in [0.5, 0.6) is 11.5 Å². The van der Waals surface area contributed by atoms with E-state index in [0.717, 1.165) is 21.9 Å². The van der Waals surface area contributed by atoms with Crippen LogP contribution in [0.1, 0.15) is 16.7 Å². The largest absolute Gasteiger partial charge is 0.493 e. The predicted molar refractivity (Wildman–Crippen MR) is 135 cm³/mol. The normalized spacial score (nSPS) is 11.1. The predicted octanol–water partition coefficient (Wildman–Crippen LogP) is 6.42. The molecule has 0 bridgehead atoms. The number of anilines is 1. The molecule has 4 aromatic rings. The number of amides is 1. The fourth-order valence-electron chi connectivity index (χ4n) is 3.75. The van der Waals surface area contributed by atoms with E-state index in [0.29, 0.717) is 23.7 Å². The first-order valence-electron chi connectivity index (χ1n) is 11.0. The zero-order valence-electron chi connectivity index (χ0n) is 19.3. The van der Waals surface area contributed by atoms with Gasteiger partial charge in [0.05, 0.1) is 12.8 Å². The topological polar surface area (TPSA) is 71.3 Å². The van der Waals surface area contributed by atoms with E-state index in [2.05, 4.69) is 29.6 Å². The van der Waals surface area contributed by atoms with Gasteiger partial charge < -0.3 is 14.8 Å². The Kier molecular flexibility index (Phi) is 7.08. The number of carbonyl (C=O) groups excluding carboxylic acids is 1. The number of hydrogen-bond acceptors (Lipinski definition) is 4. The molecular weight excluding hydrogens is 443 g/mol. The van der Waals surface area contributed by atoms with Gasteiger partial charge in [-0.1, -0.05) is 54.6 Å². The highest BCUT2D eigenvalue weighted by molar-refractivity contribution is 6.09. The molecule has 5 nitrogen and oxygen atoms in total. The second-order valence-electron chi connectivity index (χ2n) is 7.88. The lowest BCUT2D eigenvalue weighted by Crippen LogP contribution is -2.14. The van der Waals surface area contributed by atoms with Crippen LogP contribution in [0.15, 0.2) is 84.4 Å². The minimum atomic E-state index is -0.705. The first kappa shape index (κ1) is 23.5. The highest BCUT2D eigenvalue weighted by Crippen LogP contribution is 2.31. The molecule has 174 valence electrons. The summed E-state index contributed by atoms with van der Waals surface area (Å²) in [6, 6.07) is 25.1. The molecule has 0 radical (unpaired) electrons. The minimum absolute atomic E-state index is 0.00343. The molecule has 1 amide bonds. The standard InChI is InChI=1S/C29H23FN2O3/c1-19-11-13-21-7-3-4-8-23(21)24(19)18-35-27-14-12-20(16-28(27)34-2)15-22(17-31)29(33)32-26-10-6-5-9-25(26)30/h3-16H,18H2,1-2H3,(H,32,33)/b22-15+. The Hall–Kier alpha value is -4.63. The van der Waals surface area contributed by atoms with Gasteiger partial charge in [-0.2, -0.15) is 5.26 Å². The number of methoxy groups -OCH3 is 1. The van der Waals surface area contributed by atoms with E-state index < -0.39 is 11.7 Å². The average molecular weight is 467 g/mol. The van der Waals surface area contributed by atoms with Gasteiger partial charge in [-0.05, 0) is 59.2 Å². The van der Waals surface area contributed by atoms with Gasteiger partial charge in [0.15, 0.2) is 11.5 Å². The molecule has 0 saturated carbocycles. The number of hydrogen-bond donors (Lipinski definition) is 1. The Labute approximate surface area is 203 Å². The summed E-state index contributed by atoms with van der Waals surface area (Å²) in [7, 11) is 1.52. The molecule has 1 N–H and O–H groups in total. The van der Waals surface area contributed by atoms with Crippen LogP contribution in [0.2, 0.25) is 0 Å². The van der Waals surface area contributed by atoms with Crippen molar-refractivity contribution in [3.05, 3.63) is 107 Å². The summed E-state index contributed by atoms with van der Waals surface area (Å²) in [4.78, 5) is 12.5. The van der Waals surface area contributed by atoms with Crippen LogP contribution in [0.4, 0.5) is 10.1 Å². The molecule has 0 unspecified atom stereocenters. The summed E-state index contributed by atoms with van der Waals surface area (Å²) in [6.45, 7) is 2.40. The molecule has 0 aromatic heterocycles. The van der Waals surface area contributed by atoms with E-state index in [4.69, 9.17) is 9.47 Å². The maximum Gasteiger partial charge on any atom is 0.266 e. The van der Waals surface area contributed by atoms with Crippen molar-refractivity contribution in [2.24, 2.45) is 0 Å². The van der Waals surface area contributed by atoms with Crippen molar-refractivity contribution in [3.8, 4) is 17.6 Å². The summed E-state index contributed by atoms with van der Waals surface area (Å²) in [5, 5.41) is 14.2. The van der Waals surface area contributed by atoms with Gasteiger partial charge >= 0.3 is 0 Å². The molecule has 6 heteroatoms. The van der Waals surface area contributed by atoms with E-state index in [1.807, 2.05) is 25.1 Å². The van der Waals surface area contributed by atoms with E-state index in [1.165, 1.54) is 31.4 Å². The van der Waals surface area contributed by atoms with Crippen molar-refractivity contribution in [1.29, 1.82) is 5.26 Å². The maximum atomic E-state index is 13.8. The molecule has 0 atom stereocenters. The van der Waals surface area contributed by atoms with Crippen molar-refractivity contribution < 1.29 is 18.7 Å². The first-order chi connectivity index (χ1) is 17.0. The van der Waals surface area contributed by atoms with Gasteiger partial charge in [-0.25, -0.2) is 4.39 Å². The monoisotopic (exact) mass is 466 g/mol. The van der Waals surface area contributed by atoms with E-state index in [9.17, 15) is 14.4 Å². The van der Waals surface area contributed by atoms with Crippen LogP contribution in [0, 0.1) is 24.1 Å². The molecule has 0 fully saturated rings. The fraction of sp³-hybridized carbons (Fsp3) is 0.103. The third kappa shape index (κ3) is 5.31. The van der Waals surface area contributed by atoms with Crippen LogP contribution in [-0.4, -0.2) is 13.0 Å². The van der Waals surface area contributed by atoms with Crippen molar-refractivity contribution >= 4 is 28.4 Å². The Morgan fingerprint density at radius 3 is 2.57 bits per heavy atom. The second-order valence-corrected chi connectivity index (χ2v) is 7.88. The van der Waals surface area contributed by atoms with Crippen molar-refractivity contribution in [2.75, 3.05) is 12.4 Å². The summed E-state index contributed by atoms with van der Waals surface area (Å²) in [6.07, 6.45) is 1.41. The number of para-hydroxylation sites is 1. The summed E-state index contributed by atoms with van der Waals surface area (Å²) in [5.41, 5.74) is 2.61. The van der Waals surface area contributed by atoms with Crippen LogP contribution in [0.3, 0.4) is 0 Å². The lowest BCUT2D eigenvalue weighted by Gasteiger charge is -2.14. The summed E-state index contributed by atoms with van der Waals surface area (Å²) in [5.74, 6) is -0.291. The highest BCUT2D eigenvalue weighted by Gasteiger charge is 2.13. The van der Waals surface area contributed by atoms with E-state index >= 15 is 0 Å². The second kappa shape index (κ2) is 10.5. The number of nitriles is 1. The Bertz CT molecular complexity index is 1470. The number of ether oxygens (including phenoxy) is 2. The molecule has 4 aromatic carbocycles. The Morgan fingerprint density at radius 2 is 1.80 bits per heavy atom. The molecule has 0 aliphatic carbocycles. The van der Waals surface area contributed by atoms with Crippen molar-refractivity contribution in [2.45, 2.75) is 13.5 Å². The highest BCUT2D eigenvalue weighted by atomic mass is 19.1. The molecule has 0 heterocycles. The molecule has 0 aliphatic heterocycles.